The maximum absolute atomic E-state index is 12.2. The molecule has 2 fully saturated rings. The molecule has 1 amide bonds. The molecule has 1 aromatic heterocycles. The number of nitrogens with one attached hydrogen (secondary N) is 1. The number of ether oxygens (including phenoxy) is 1. The highest BCUT2D eigenvalue weighted by atomic mass is 32.1. The van der Waals surface area contributed by atoms with Crippen LogP contribution in [-0.4, -0.2) is 42.6 Å². The summed E-state index contributed by atoms with van der Waals surface area (Å²) in [5, 5.41) is 5.16. The van der Waals surface area contributed by atoms with E-state index in [0.717, 1.165) is 26.1 Å². The number of hydrogen-bond acceptors (Lipinski definition) is 4. The molecule has 2 aliphatic carbocycles. The molecule has 0 bridgehead atoms. The summed E-state index contributed by atoms with van der Waals surface area (Å²) >= 11 is 1.77. The molecule has 1 aromatic rings. The minimum absolute atomic E-state index is 0.149. The summed E-state index contributed by atoms with van der Waals surface area (Å²) in [4.78, 5) is 15.9. The number of amides is 1. The zero-order valence-corrected chi connectivity index (χ0v) is 15.4. The van der Waals surface area contributed by atoms with Crippen LogP contribution in [0.25, 0.3) is 0 Å². The molecule has 0 aromatic carbocycles. The van der Waals surface area contributed by atoms with Crippen LogP contribution in [-0.2, 0) is 16.1 Å². The van der Waals surface area contributed by atoms with Crippen molar-refractivity contribution < 1.29 is 9.53 Å². The minimum Gasteiger partial charge on any atom is -0.378 e. The van der Waals surface area contributed by atoms with Gasteiger partial charge in [-0.3, -0.25) is 9.69 Å². The van der Waals surface area contributed by atoms with Crippen LogP contribution < -0.4 is 5.32 Å². The molecule has 4 nitrogen and oxygen atoms in total. The smallest absolute Gasteiger partial charge is 0.234 e. The van der Waals surface area contributed by atoms with Gasteiger partial charge in [0, 0.05) is 30.6 Å². The van der Waals surface area contributed by atoms with Crippen LogP contribution in [0.1, 0.15) is 56.2 Å². The van der Waals surface area contributed by atoms with Crippen molar-refractivity contribution in [2.24, 2.45) is 0 Å². The van der Waals surface area contributed by atoms with Crippen molar-refractivity contribution in [3.05, 3.63) is 22.4 Å². The van der Waals surface area contributed by atoms with E-state index < -0.39 is 0 Å². The van der Waals surface area contributed by atoms with Gasteiger partial charge in [0.15, 0.2) is 0 Å². The number of rotatable bonds is 10. The van der Waals surface area contributed by atoms with E-state index in [1.165, 1.54) is 49.8 Å². The van der Waals surface area contributed by atoms with Crippen molar-refractivity contribution in [3.63, 3.8) is 0 Å². The van der Waals surface area contributed by atoms with Gasteiger partial charge in [-0.25, -0.2) is 0 Å². The lowest BCUT2D eigenvalue weighted by atomic mass is 9.98. The van der Waals surface area contributed by atoms with Crippen LogP contribution in [0.4, 0.5) is 0 Å². The van der Waals surface area contributed by atoms with Gasteiger partial charge in [-0.1, -0.05) is 25.3 Å². The van der Waals surface area contributed by atoms with Gasteiger partial charge in [0.2, 0.25) is 5.91 Å². The van der Waals surface area contributed by atoms with Gasteiger partial charge in [-0.05, 0) is 43.6 Å². The fraction of sp³-hybridized carbons (Fsp3) is 0.737. The third-order valence-electron chi connectivity index (χ3n) is 4.90. The van der Waals surface area contributed by atoms with Crippen LogP contribution in [0.15, 0.2) is 17.5 Å². The molecule has 1 N–H and O–H groups in total. The highest BCUT2D eigenvalue weighted by Crippen LogP contribution is 2.28. The Kier molecular flexibility index (Phi) is 7.12. The van der Waals surface area contributed by atoms with Gasteiger partial charge >= 0.3 is 0 Å². The zero-order chi connectivity index (χ0) is 16.6. The van der Waals surface area contributed by atoms with Crippen molar-refractivity contribution in [2.75, 3.05) is 19.7 Å². The van der Waals surface area contributed by atoms with Crippen molar-refractivity contribution in [3.8, 4) is 0 Å². The molecule has 0 unspecified atom stereocenters. The van der Waals surface area contributed by atoms with Gasteiger partial charge in [0.1, 0.15) is 0 Å². The molecule has 0 radical (unpaired) electrons. The molecule has 2 saturated carbocycles. The molecule has 134 valence electrons. The van der Waals surface area contributed by atoms with E-state index in [1.54, 1.807) is 11.3 Å². The molecule has 0 spiro atoms. The lowest BCUT2D eigenvalue weighted by Crippen LogP contribution is -2.38. The summed E-state index contributed by atoms with van der Waals surface area (Å²) in [7, 11) is 0. The monoisotopic (exact) mass is 350 g/mol. The molecule has 0 atom stereocenters. The van der Waals surface area contributed by atoms with E-state index in [2.05, 4.69) is 27.7 Å². The Morgan fingerprint density at radius 1 is 1.25 bits per heavy atom. The van der Waals surface area contributed by atoms with Crippen LogP contribution in [0.3, 0.4) is 0 Å². The Balaban J connectivity index is 1.28. The molecular formula is C19H30N2O2S. The van der Waals surface area contributed by atoms with Crippen molar-refractivity contribution in [1.29, 1.82) is 0 Å². The SMILES string of the molecule is O=C(CN(Cc1cccs1)C1CC1)NCCCOC1CCCCC1. The van der Waals surface area contributed by atoms with Crippen LogP contribution in [0.2, 0.25) is 0 Å². The summed E-state index contributed by atoms with van der Waals surface area (Å²) in [5.74, 6) is 0.149. The maximum Gasteiger partial charge on any atom is 0.234 e. The minimum atomic E-state index is 0.149. The standard InChI is InChI=1S/C19H30N2O2S/c22-19(20-11-5-12-23-17-6-2-1-3-7-17)15-21(16-9-10-16)14-18-8-4-13-24-18/h4,8,13,16-17H,1-3,5-7,9-12,14-15H2,(H,20,22). The van der Waals surface area contributed by atoms with Gasteiger partial charge in [-0.2, -0.15) is 0 Å². The first-order valence-electron chi connectivity index (χ1n) is 9.46. The second-order valence-corrected chi connectivity index (χ2v) is 8.08. The lowest BCUT2D eigenvalue weighted by Gasteiger charge is -2.22. The van der Waals surface area contributed by atoms with Crippen molar-refractivity contribution >= 4 is 17.2 Å². The average molecular weight is 351 g/mol. The number of thiophene rings is 1. The summed E-state index contributed by atoms with van der Waals surface area (Å²) in [5.41, 5.74) is 0. The number of carbonyl (C=O) groups excluding carboxylic acids is 1. The number of carbonyl (C=O) groups is 1. The van der Waals surface area contributed by atoms with E-state index >= 15 is 0 Å². The lowest BCUT2D eigenvalue weighted by molar-refractivity contribution is -0.122. The second kappa shape index (κ2) is 9.54. The zero-order valence-electron chi connectivity index (χ0n) is 14.5. The van der Waals surface area contributed by atoms with E-state index in [0.29, 0.717) is 18.7 Å². The quantitative estimate of drug-likeness (QED) is 0.656. The van der Waals surface area contributed by atoms with E-state index in [4.69, 9.17) is 4.74 Å². The highest BCUT2D eigenvalue weighted by Gasteiger charge is 2.30. The predicted octanol–water partition coefficient (Wildman–Crippen LogP) is 3.57. The van der Waals surface area contributed by atoms with E-state index in [-0.39, 0.29) is 5.91 Å². The summed E-state index contributed by atoms with van der Waals surface area (Å²) < 4.78 is 5.90. The topological polar surface area (TPSA) is 41.6 Å². The number of hydrogen-bond donors (Lipinski definition) is 1. The summed E-state index contributed by atoms with van der Waals surface area (Å²) in [6.07, 6.45) is 10.2. The molecule has 1 heterocycles. The van der Waals surface area contributed by atoms with Crippen LogP contribution in [0, 0.1) is 0 Å². The molecule has 3 rings (SSSR count). The van der Waals surface area contributed by atoms with E-state index in [1.807, 2.05) is 0 Å². The van der Waals surface area contributed by atoms with Gasteiger partial charge in [-0.15, -0.1) is 11.3 Å². The molecule has 0 aliphatic heterocycles. The Morgan fingerprint density at radius 2 is 2.08 bits per heavy atom. The Bertz CT molecular complexity index is 482. The summed E-state index contributed by atoms with van der Waals surface area (Å²) in [6, 6.07) is 4.84. The highest BCUT2D eigenvalue weighted by molar-refractivity contribution is 7.09. The Morgan fingerprint density at radius 3 is 2.79 bits per heavy atom. The maximum atomic E-state index is 12.2. The molecular weight excluding hydrogens is 320 g/mol. The van der Waals surface area contributed by atoms with Crippen LogP contribution in [0.5, 0.6) is 0 Å². The first kappa shape index (κ1) is 17.9. The summed E-state index contributed by atoms with van der Waals surface area (Å²) in [6.45, 7) is 2.92. The number of nitrogens with zero attached hydrogens (tertiary/aromatic N) is 1. The Labute approximate surface area is 149 Å². The van der Waals surface area contributed by atoms with Gasteiger partial charge < -0.3 is 10.1 Å². The average Bonchev–Trinajstić information content (AvgIpc) is 3.32. The van der Waals surface area contributed by atoms with E-state index in [9.17, 15) is 4.79 Å². The first-order valence-corrected chi connectivity index (χ1v) is 10.3. The molecule has 2 aliphatic rings. The Hall–Kier alpha value is -0.910. The first-order chi connectivity index (χ1) is 11.8. The molecule has 0 saturated heterocycles. The largest absolute Gasteiger partial charge is 0.378 e. The predicted molar refractivity (Wildman–Crippen MR) is 98.2 cm³/mol. The van der Waals surface area contributed by atoms with Crippen molar-refractivity contribution in [1.82, 2.24) is 10.2 Å². The van der Waals surface area contributed by atoms with Gasteiger partial charge in [0.05, 0.1) is 12.6 Å². The fourth-order valence-electron chi connectivity index (χ4n) is 3.38. The normalized spacial score (nSPS) is 18.9. The third kappa shape index (κ3) is 6.19. The molecule has 24 heavy (non-hydrogen) atoms. The molecule has 5 heteroatoms. The van der Waals surface area contributed by atoms with Crippen molar-refractivity contribution in [2.45, 2.75) is 70.1 Å². The van der Waals surface area contributed by atoms with Crippen LogP contribution >= 0.6 is 11.3 Å². The third-order valence-corrected chi connectivity index (χ3v) is 5.76. The second-order valence-electron chi connectivity index (χ2n) is 7.05. The fourth-order valence-corrected chi connectivity index (χ4v) is 4.11. The van der Waals surface area contributed by atoms with Gasteiger partial charge in [0.25, 0.3) is 0 Å².